The topological polar surface area (TPSA) is 53.7 Å². The van der Waals surface area contributed by atoms with Crippen LogP contribution in [0.5, 0.6) is 0 Å². The molecule has 4 nitrogen and oxygen atoms in total. The maximum atomic E-state index is 13.0. The third kappa shape index (κ3) is 3.92. The summed E-state index contributed by atoms with van der Waals surface area (Å²) < 4.78 is 18.1. The summed E-state index contributed by atoms with van der Waals surface area (Å²) in [4.78, 5) is 13.9. The predicted molar refractivity (Wildman–Crippen MR) is 88.4 cm³/mol. The largest absolute Gasteiger partial charge is 0.465 e. The molecule has 1 aromatic carbocycles. The van der Waals surface area contributed by atoms with Crippen LogP contribution in [-0.4, -0.2) is 29.0 Å². The first-order chi connectivity index (χ1) is 11.6. The number of benzene rings is 1. The number of halogens is 1. The first-order valence-corrected chi connectivity index (χ1v) is 8.07. The Hall–Kier alpha value is -2.40. The minimum atomic E-state index is -0.624. The van der Waals surface area contributed by atoms with E-state index < -0.39 is 6.10 Å². The normalized spacial score (nSPS) is 17.3. The van der Waals surface area contributed by atoms with Crippen LogP contribution < -0.4 is 0 Å². The van der Waals surface area contributed by atoms with E-state index in [1.807, 2.05) is 0 Å². The lowest BCUT2D eigenvalue weighted by Gasteiger charge is -2.33. The molecule has 1 N–H and O–H groups in total. The van der Waals surface area contributed by atoms with Crippen molar-refractivity contribution in [2.75, 3.05) is 13.1 Å². The third-order valence-corrected chi connectivity index (χ3v) is 4.44. The molecule has 0 bridgehead atoms. The lowest BCUT2D eigenvalue weighted by atomic mass is 9.87. The zero-order chi connectivity index (χ0) is 16.9. The van der Waals surface area contributed by atoms with Crippen LogP contribution in [0.4, 0.5) is 4.39 Å². The molecule has 3 rings (SSSR count). The van der Waals surface area contributed by atoms with Crippen LogP contribution in [0.15, 0.2) is 53.2 Å². The van der Waals surface area contributed by atoms with Crippen molar-refractivity contribution in [3.63, 3.8) is 0 Å². The zero-order valence-corrected chi connectivity index (χ0v) is 13.3. The van der Waals surface area contributed by atoms with Crippen molar-refractivity contribution in [3.8, 4) is 0 Å². The second kappa shape index (κ2) is 7.45. The van der Waals surface area contributed by atoms with Gasteiger partial charge in [0.25, 0.3) is 0 Å². The Balaban J connectivity index is 1.53. The molecule has 1 saturated heterocycles. The van der Waals surface area contributed by atoms with Gasteiger partial charge in [-0.3, -0.25) is 4.79 Å². The molecular formula is C19H20FNO3. The Morgan fingerprint density at radius 2 is 1.96 bits per heavy atom. The number of piperidine rings is 1. The quantitative estimate of drug-likeness (QED) is 0.875. The molecule has 1 aliphatic rings. The van der Waals surface area contributed by atoms with E-state index in [0.717, 1.165) is 18.4 Å². The fraction of sp³-hybridized carbons (Fsp3) is 0.316. The zero-order valence-electron chi connectivity index (χ0n) is 13.3. The SMILES string of the molecule is O=C(/C=C/c1ccco1)N1CCC([C@@H](O)c2ccc(F)cc2)CC1. The van der Waals surface area contributed by atoms with Crippen molar-refractivity contribution < 1.29 is 18.7 Å². The van der Waals surface area contributed by atoms with E-state index in [-0.39, 0.29) is 17.6 Å². The number of furan rings is 1. The molecule has 5 heteroatoms. The third-order valence-electron chi connectivity index (χ3n) is 4.44. The standard InChI is InChI=1S/C19H20FNO3/c20-16-5-3-14(4-6-16)19(23)15-9-11-21(12-10-15)18(22)8-7-17-2-1-13-24-17/h1-8,13,15,19,23H,9-12H2/b8-7+/t19-/m0/s1. The molecule has 1 aliphatic heterocycles. The summed E-state index contributed by atoms with van der Waals surface area (Å²) in [6.07, 6.45) is 5.54. The minimum absolute atomic E-state index is 0.0545. The monoisotopic (exact) mass is 329 g/mol. The number of rotatable bonds is 4. The van der Waals surface area contributed by atoms with Gasteiger partial charge in [-0.25, -0.2) is 4.39 Å². The Labute approximate surface area is 140 Å². The van der Waals surface area contributed by atoms with Crippen LogP contribution in [0, 0.1) is 11.7 Å². The molecule has 1 atom stereocenters. The van der Waals surface area contributed by atoms with E-state index in [1.54, 1.807) is 41.5 Å². The Bertz CT molecular complexity index is 686. The lowest BCUT2D eigenvalue weighted by molar-refractivity contribution is -0.127. The molecule has 2 heterocycles. The highest BCUT2D eigenvalue weighted by molar-refractivity contribution is 5.91. The van der Waals surface area contributed by atoms with Gasteiger partial charge in [0.1, 0.15) is 11.6 Å². The summed E-state index contributed by atoms with van der Waals surface area (Å²) in [5.74, 6) is 0.356. The van der Waals surface area contributed by atoms with E-state index in [2.05, 4.69) is 0 Å². The first kappa shape index (κ1) is 16.5. The molecule has 1 fully saturated rings. The summed E-state index contributed by atoms with van der Waals surface area (Å²) in [5, 5.41) is 10.4. The molecular weight excluding hydrogens is 309 g/mol. The van der Waals surface area contributed by atoms with Crippen LogP contribution in [0.25, 0.3) is 6.08 Å². The number of hydrogen-bond donors (Lipinski definition) is 1. The van der Waals surface area contributed by atoms with Crippen molar-refractivity contribution in [2.24, 2.45) is 5.92 Å². The van der Waals surface area contributed by atoms with Gasteiger partial charge in [0.2, 0.25) is 5.91 Å². The van der Waals surface area contributed by atoms with Crippen LogP contribution >= 0.6 is 0 Å². The van der Waals surface area contributed by atoms with E-state index >= 15 is 0 Å². The van der Waals surface area contributed by atoms with Crippen LogP contribution in [0.1, 0.15) is 30.3 Å². The number of carbonyl (C=O) groups is 1. The van der Waals surface area contributed by atoms with Gasteiger partial charge in [0.15, 0.2) is 0 Å². The molecule has 0 aliphatic carbocycles. The van der Waals surface area contributed by atoms with Crippen molar-refractivity contribution in [1.82, 2.24) is 4.90 Å². The number of likely N-dealkylation sites (tertiary alicyclic amines) is 1. The highest BCUT2D eigenvalue weighted by Gasteiger charge is 2.27. The maximum absolute atomic E-state index is 13.0. The molecule has 0 spiro atoms. The molecule has 126 valence electrons. The second-order valence-electron chi connectivity index (χ2n) is 6.01. The van der Waals surface area contributed by atoms with Crippen LogP contribution in [-0.2, 0) is 4.79 Å². The highest BCUT2D eigenvalue weighted by Crippen LogP contribution is 2.30. The van der Waals surface area contributed by atoms with Crippen molar-refractivity contribution in [1.29, 1.82) is 0 Å². The van der Waals surface area contributed by atoms with E-state index in [1.165, 1.54) is 18.2 Å². The van der Waals surface area contributed by atoms with E-state index in [9.17, 15) is 14.3 Å². The van der Waals surface area contributed by atoms with E-state index in [0.29, 0.717) is 18.8 Å². The molecule has 0 unspecified atom stereocenters. The molecule has 1 amide bonds. The maximum Gasteiger partial charge on any atom is 0.246 e. The van der Waals surface area contributed by atoms with E-state index in [4.69, 9.17) is 4.42 Å². The average Bonchev–Trinajstić information content (AvgIpc) is 3.13. The molecule has 24 heavy (non-hydrogen) atoms. The molecule has 0 radical (unpaired) electrons. The summed E-state index contributed by atoms with van der Waals surface area (Å²) in [7, 11) is 0. The number of nitrogens with zero attached hydrogens (tertiary/aromatic N) is 1. The summed E-state index contributed by atoms with van der Waals surface area (Å²) in [6, 6.07) is 9.50. The van der Waals surface area contributed by atoms with Gasteiger partial charge in [-0.2, -0.15) is 0 Å². The van der Waals surface area contributed by atoms with Crippen LogP contribution in [0.3, 0.4) is 0 Å². The van der Waals surface area contributed by atoms with Gasteiger partial charge in [0.05, 0.1) is 12.4 Å². The Morgan fingerprint density at radius 1 is 1.25 bits per heavy atom. The first-order valence-electron chi connectivity index (χ1n) is 8.07. The van der Waals surface area contributed by atoms with Gasteiger partial charge in [-0.15, -0.1) is 0 Å². The minimum Gasteiger partial charge on any atom is -0.465 e. The van der Waals surface area contributed by atoms with Crippen molar-refractivity contribution in [3.05, 3.63) is 65.9 Å². The number of aliphatic hydroxyl groups is 1. The van der Waals surface area contributed by atoms with Crippen LogP contribution in [0.2, 0.25) is 0 Å². The van der Waals surface area contributed by atoms with Gasteiger partial charge >= 0.3 is 0 Å². The fourth-order valence-corrected chi connectivity index (χ4v) is 3.01. The van der Waals surface area contributed by atoms with Crippen molar-refractivity contribution >= 4 is 12.0 Å². The van der Waals surface area contributed by atoms with Gasteiger partial charge in [-0.05, 0) is 54.7 Å². The molecule has 2 aromatic rings. The average molecular weight is 329 g/mol. The summed E-state index contributed by atoms with van der Waals surface area (Å²) in [6.45, 7) is 1.20. The van der Waals surface area contributed by atoms with Gasteiger partial charge in [-0.1, -0.05) is 12.1 Å². The molecule has 0 saturated carbocycles. The summed E-state index contributed by atoms with van der Waals surface area (Å²) in [5.41, 5.74) is 0.721. The number of carbonyl (C=O) groups excluding carboxylic acids is 1. The number of aliphatic hydroxyl groups excluding tert-OH is 1. The Morgan fingerprint density at radius 3 is 2.58 bits per heavy atom. The molecule has 1 aromatic heterocycles. The Kier molecular flexibility index (Phi) is 5.11. The van der Waals surface area contributed by atoms with Gasteiger partial charge < -0.3 is 14.4 Å². The smallest absolute Gasteiger partial charge is 0.246 e. The van der Waals surface area contributed by atoms with Crippen molar-refractivity contribution in [2.45, 2.75) is 18.9 Å². The summed E-state index contributed by atoms with van der Waals surface area (Å²) >= 11 is 0. The number of hydrogen-bond acceptors (Lipinski definition) is 3. The second-order valence-corrected chi connectivity index (χ2v) is 6.01. The fourth-order valence-electron chi connectivity index (χ4n) is 3.01. The predicted octanol–water partition coefficient (Wildman–Crippen LogP) is 3.40. The van der Waals surface area contributed by atoms with Gasteiger partial charge in [0, 0.05) is 19.2 Å². The highest BCUT2D eigenvalue weighted by atomic mass is 19.1. The lowest BCUT2D eigenvalue weighted by Crippen LogP contribution is -2.38. The number of amides is 1.